The monoisotopic (exact) mass is 317 g/mol. The first-order valence-corrected chi connectivity index (χ1v) is 8.86. The highest BCUT2D eigenvalue weighted by atomic mass is 16.5. The number of rotatable bonds is 5. The average molecular weight is 317 g/mol. The number of amidine groups is 1. The number of aromatic nitrogens is 1. The molecule has 0 saturated heterocycles. The Balaban J connectivity index is 1.97. The van der Waals surface area contributed by atoms with Crippen LogP contribution in [0.5, 0.6) is 5.88 Å². The maximum Gasteiger partial charge on any atom is 0.213 e. The van der Waals surface area contributed by atoms with Crippen molar-refractivity contribution in [1.82, 2.24) is 9.88 Å². The van der Waals surface area contributed by atoms with Gasteiger partial charge >= 0.3 is 0 Å². The van der Waals surface area contributed by atoms with Gasteiger partial charge in [0.25, 0.3) is 0 Å². The molecule has 1 aliphatic carbocycles. The molecule has 2 rings (SSSR count). The van der Waals surface area contributed by atoms with Crippen LogP contribution in [0.2, 0.25) is 0 Å². The summed E-state index contributed by atoms with van der Waals surface area (Å²) in [4.78, 5) is 6.48. The molecule has 0 bridgehead atoms. The lowest BCUT2D eigenvalue weighted by Gasteiger charge is -2.31. The van der Waals surface area contributed by atoms with Crippen molar-refractivity contribution in [1.29, 1.82) is 5.41 Å². The molecule has 0 aromatic carbocycles. The van der Waals surface area contributed by atoms with Crippen LogP contribution in [0.15, 0.2) is 12.1 Å². The topological polar surface area (TPSA) is 49.2 Å². The molecular weight excluding hydrogens is 286 g/mol. The summed E-state index contributed by atoms with van der Waals surface area (Å²) < 4.78 is 6.09. The summed E-state index contributed by atoms with van der Waals surface area (Å²) in [5.41, 5.74) is 1.74. The lowest BCUT2D eigenvalue weighted by molar-refractivity contribution is 0.112. The zero-order chi connectivity index (χ0) is 17.0. The molecule has 1 saturated carbocycles. The SMILES string of the molecule is CCN(C)C(=N)c1ccc(OC2CCC(C(C)C)CC2)nc1C. The third-order valence-corrected chi connectivity index (χ3v) is 5.12. The van der Waals surface area contributed by atoms with Gasteiger partial charge in [-0.1, -0.05) is 13.8 Å². The molecule has 0 unspecified atom stereocenters. The van der Waals surface area contributed by atoms with Gasteiger partial charge < -0.3 is 9.64 Å². The molecule has 0 aliphatic heterocycles. The van der Waals surface area contributed by atoms with Gasteiger partial charge in [0.15, 0.2) is 0 Å². The van der Waals surface area contributed by atoms with Crippen LogP contribution in [0.4, 0.5) is 0 Å². The Morgan fingerprint density at radius 1 is 1.30 bits per heavy atom. The molecule has 1 N–H and O–H groups in total. The van der Waals surface area contributed by atoms with Crippen LogP contribution >= 0.6 is 0 Å². The van der Waals surface area contributed by atoms with Gasteiger partial charge in [-0.2, -0.15) is 0 Å². The molecule has 0 atom stereocenters. The number of pyridine rings is 1. The summed E-state index contributed by atoms with van der Waals surface area (Å²) >= 11 is 0. The van der Waals surface area contributed by atoms with Crippen molar-refractivity contribution in [2.75, 3.05) is 13.6 Å². The van der Waals surface area contributed by atoms with Crippen LogP contribution in [-0.2, 0) is 0 Å². The molecule has 1 aromatic heterocycles. The highest BCUT2D eigenvalue weighted by Crippen LogP contribution is 2.31. The van der Waals surface area contributed by atoms with E-state index in [2.05, 4.69) is 18.8 Å². The van der Waals surface area contributed by atoms with Crippen LogP contribution in [0.1, 0.15) is 57.7 Å². The number of aryl methyl sites for hydroxylation is 1. The first-order chi connectivity index (χ1) is 10.9. The lowest BCUT2D eigenvalue weighted by atomic mass is 9.80. The minimum absolute atomic E-state index is 0.292. The molecule has 4 heteroatoms. The van der Waals surface area contributed by atoms with Crippen molar-refractivity contribution in [2.24, 2.45) is 11.8 Å². The first kappa shape index (κ1) is 17.8. The number of hydrogen-bond acceptors (Lipinski definition) is 3. The van der Waals surface area contributed by atoms with Crippen LogP contribution in [0.3, 0.4) is 0 Å². The molecule has 0 spiro atoms. The second-order valence-electron chi connectivity index (χ2n) is 7.04. The third kappa shape index (κ3) is 4.46. The van der Waals surface area contributed by atoms with E-state index in [0.29, 0.717) is 17.8 Å². The van der Waals surface area contributed by atoms with Gasteiger partial charge in [0.2, 0.25) is 5.88 Å². The highest BCUT2D eigenvalue weighted by molar-refractivity contribution is 5.97. The Morgan fingerprint density at radius 2 is 1.96 bits per heavy atom. The van der Waals surface area contributed by atoms with E-state index >= 15 is 0 Å². The van der Waals surface area contributed by atoms with Crippen molar-refractivity contribution in [3.63, 3.8) is 0 Å². The summed E-state index contributed by atoms with van der Waals surface area (Å²) in [6.45, 7) is 9.45. The number of nitrogens with zero attached hydrogens (tertiary/aromatic N) is 2. The second kappa shape index (κ2) is 7.80. The normalized spacial score (nSPS) is 21.3. The predicted octanol–water partition coefficient (Wildman–Crippen LogP) is 4.26. The maximum absolute atomic E-state index is 8.21. The van der Waals surface area contributed by atoms with E-state index in [1.807, 2.05) is 37.9 Å². The molecule has 128 valence electrons. The van der Waals surface area contributed by atoms with E-state index in [1.54, 1.807) is 0 Å². The average Bonchev–Trinajstić information content (AvgIpc) is 2.54. The van der Waals surface area contributed by atoms with Gasteiger partial charge in [-0.3, -0.25) is 5.41 Å². The molecule has 0 amide bonds. The standard InChI is InChI=1S/C19H31N3O/c1-6-22(5)19(20)17-11-12-18(21-14(17)4)23-16-9-7-15(8-10-16)13(2)3/h11-13,15-16,20H,6-10H2,1-5H3. The van der Waals surface area contributed by atoms with E-state index in [-0.39, 0.29) is 0 Å². The summed E-state index contributed by atoms with van der Waals surface area (Å²) in [7, 11) is 1.93. The van der Waals surface area contributed by atoms with Crippen molar-refractivity contribution in [3.05, 3.63) is 23.4 Å². The predicted molar refractivity (Wildman–Crippen MR) is 95.3 cm³/mol. The number of hydrogen-bond donors (Lipinski definition) is 1. The van der Waals surface area contributed by atoms with Crippen molar-refractivity contribution < 1.29 is 4.74 Å². The van der Waals surface area contributed by atoms with E-state index in [9.17, 15) is 0 Å². The molecule has 0 radical (unpaired) electrons. The Labute approximate surface area is 140 Å². The van der Waals surface area contributed by atoms with Crippen molar-refractivity contribution in [2.45, 2.75) is 59.5 Å². The number of nitrogens with one attached hydrogen (secondary N) is 1. The molecule has 4 nitrogen and oxygen atoms in total. The van der Waals surface area contributed by atoms with Gasteiger partial charge in [-0.15, -0.1) is 0 Å². The van der Waals surface area contributed by atoms with Gasteiger partial charge in [0, 0.05) is 25.2 Å². The fourth-order valence-corrected chi connectivity index (χ4v) is 3.26. The molecule has 1 fully saturated rings. The highest BCUT2D eigenvalue weighted by Gasteiger charge is 2.24. The van der Waals surface area contributed by atoms with E-state index < -0.39 is 0 Å². The van der Waals surface area contributed by atoms with E-state index in [4.69, 9.17) is 10.1 Å². The van der Waals surface area contributed by atoms with E-state index in [1.165, 1.54) is 12.8 Å². The van der Waals surface area contributed by atoms with Crippen LogP contribution in [0, 0.1) is 24.2 Å². The molecule has 1 aliphatic rings. The van der Waals surface area contributed by atoms with Crippen LogP contribution < -0.4 is 4.74 Å². The largest absolute Gasteiger partial charge is 0.474 e. The molecule has 1 aromatic rings. The summed E-state index contributed by atoms with van der Waals surface area (Å²) in [6.07, 6.45) is 5.05. The summed E-state index contributed by atoms with van der Waals surface area (Å²) in [5, 5.41) is 8.21. The first-order valence-electron chi connectivity index (χ1n) is 8.86. The van der Waals surface area contributed by atoms with E-state index in [0.717, 1.165) is 42.5 Å². The maximum atomic E-state index is 8.21. The fourth-order valence-electron chi connectivity index (χ4n) is 3.26. The Bertz CT molecular complexity index is 533. The van der Waals surface area contributed by atoms with Gasteiger partial charge in [0.1, 0.15) is 11.9 Å². The lowest BCUT2D eigenvalue weighted by Crippen LogP contribution is -2.28. The summed E-state index contributed by atoms with van der Waals surface area (Å²) in [5.74, 6) is 2.84. The zero-order valence-corrected chi connectivity index (χ0v) is 15.2. The molecule has 23 heavy (non-hydrogen) atoms. The quantitative estimate of drug-likeness (QED) is 0.652. The van der Waals surface area contributed by atoms with Crippen LogP contribution in [-0.4, -0.2) is 35.4 Å². The number of ether oxygens (including phenoxy) is 1. The van der Waals surface area contributed by atoms with Crippen LogP contribution in [0.25, 0.3) is 0 Å². The zero-order valence-electron chi connectivity index (χ0n) is 15.2. The van der Waals surface area contributed by atoms with Gasteiger partial charge in [-0.05, 0) is 57.4 Å². The fraction of sp³-hybridized carbons (Fsp3) is 0.684. The smallest absolute Gasteiger partial charge is 0.213 e. The van der Waals surface area contributed by atoms with Crippen molar-refractivity contribution >= 4 is 5.84 Å². The Morgan fingerprint density at radius 3 is 2.48 bits per heavy atom. The second-order valence-corrected chi connectivity index (χ2v) is 7.04. The summed E-state index contributed by atoms with van der Waals surface area (Å²) in [6, 6.07) is 3.88. The minimum Gasteiger partial charge on any atom is -0.474 e. The Hall–Kier alpha value is -1.58. The molecule has 1 heterocycles. The third-order valence-electron chi connectivity index (χ3n) is 5.12. The van der Waals surface area contributed by atoms with Gasteiger partial charge in [-0.25, -0.2) is 4.98 Å². The molecular formula is C19H31N3O. The minimum atomic E-state index is 0.292. The Kier molecular flexibility index (Phi) is 6.03. The van der Waals surface area contributed by atoms with Crippen molar-refractivity contribution in [3.8, 4) is 5.88 Å². The van der Waals surface area contributed by atoms with Gasteiger partial charge in [0.05, 0.1) is 5.69 Å².